The van der Waals surface area contributed by atoms with E-state index >= 15 is 0 Å². The zero-order valence-corrected chi connectivity index (χ0v) is 15.1. The molecule has 0 aromatic heterocycles. The second-order valence-corrected chi connectivity index (χ2v) is 6.71. The molecule has 1 saturated heterocycles. The Hall–Kier alpha value is -2.56. The highest BCUT2D eigenvalue weighted by Crippen LogP contribution is 2.25. The maximum absolute atomic E-state index is 13.9. The highest BCUT2D eigenvalue weighted by atomic mass is 19.1. The Morgan fingerprint density at radius 2 is 2.00 bits per heavy atom. The summed E-state index contributed by atoms with van der Waals surface area (Å²) in [6, 6.07) is 12.5. The first-order valence-corrected chi connectivity index (χ1v) is 9.15. The van der Waals surface area contributed by atoms with Gasteiger partial charge in [0.2, 0.25) is 5.91 Å². The molecule has 0 unspecified atom stereocenters. The van der Waals surface area contributed by atoms with Gasteiger partial charge < -0.3 is 15.0 Å². The predicted molar refractivity (Wildman–Crippen MR) is 102 cm³/mol. The molecular weight excluding hydrogens is 331 g/mol. The van der Waals surface area contributed by atoms with Gasteiger partial charge in [0.25, 0.3) is 0 Å². The van der Waals surface area contributed by atoms with Gasteiger partial charge in [-0.25, -0.2) is 4.39 Å². The van der Waals surface area contributed by atoms with Gasteiger partial charge in [0.05, 0.1) is 6.61 Å². The molecule has 0 bridgehead atoms. The minimum absolute atomic E-state index is 0.129. The summed E-state index contributed by atoms with van der Waals surface area (Å²) < 4.78 is 19.5. The van der Waals surface area contributed by atoms with Crippen LogP contribution >= 0.6 is 0 Å². The molecule has 0 spiro atoms. The lowest BCUT2D eigenvalue weighted by molar-refractivity contribution is -0.116. The molecule has 0 radical (unpaired) electrons. The fourth-order valence-electron chi connectivity index (χ4n) is 3.16. The summed E-state index contributed by atoms with van der Waals surface area (Å²) in [6.45, 7) is 4.36. The molecule has 1 amide bonds. The van der Waals surface area contributed by atoms with Crippen molar-refractivity contribution < 1.29 is 13.9 Å². The summed E-state index contributed by atoms with van der Waals surface area (Å²) in [5.41, 5.74) is 2.48. The van der Waals surface area contributed by atoms with Crippen molar-refractivity contribution in [2.45, 2.75) is 32.6 Å². The number of amides is 1. The Bertz CT molecular complexity index is 757. The highest BCUT2D eigenvalue weighted by Gasteiger charge is 2.14. The van der Waals surface area contributed by atoms with Crippen LogP contribution in [-0.4, -0.2) is 25.6 Å². The molecule has 1 fully saturated rings. The van der Waals surface area contributed by atoms with Gasteiger partial charge in [-0.2, -0.15) is 0 Å². The van der Waals surface area contributed by atoms with E-state index in [1.54, 1.807) is 0 Å². The van der Waals surface area contributed by atoms with Crippen LogP contribution in [0, 0.1) is 12.7 Å². The SMILES string of the molecule is Cc1cccc(OCCCC(=O)Nc2cc(F)cc(N3CCCC3)c2)c1. The first-order chi connectivity index (χ1) is 12.6. The monoisotopic (exact) mass is 356 g/mol. The second-order valence-electron chi connectivity index (χ2n) is 6.71. The number of anilines is 2. The van der Waals surface area contributed by atoms with Gasteiger partial charge in [-0.3, -0.25) is 4.79 Å². The van der Waals surface area contributed by atoms with Crippen molar-refractivity contribution in [1.29, 1.82) is 0 Å². The van der Waals surface area contributed by atoms with E-state index in [4.69, 9.17) is 4.74 Å². The third-order valence-electron chi connectivity index (χ3n) is 4.44. The van der Waals surface area contributed by atoms with Crippen molar-refractivity contribution in [1.82, 2.24) is 0 Å². The molecule has 26 heavy (non-hydrogen) atoms. The van der Waals surface area contributed by atoms with E-state index in [1.165, 1.54) is 12.1 Å². The zero-order valence-electron chi connectivity index (χ0n) is 15.1. The van der Waals surface area contributed by atoms with Crippen LogP contribution in [0.3, 0.4) is 0 Å². The summed E-state index contributed by atoms with van der Waals surface area (Å²) in [6.07, 6.45) is 3.19. The second kappa shape index (κ2) is 8.70. The van der Waals surface area contributed by atoms with Gasteiger partial charge in [-0.05, 0) is 62.1 Å². The van der Waals surface area contributed by atoms with Crippen LogP contribution in [0.25, 0.3) is 0 Å². The van der Waals surface area contributed by atoms with Gasteiger partial charge in [-0.1, -0.05) is 12.1 Å². The van der Waals surface area contributed by atoms with Crippen LogP contribution in [-0.2, 0) is 4.79 Å². The van der Waals surface area contributed by atoms with Crippen LogP contribution < -0.4 is 15.0 Å². The quantitative estimate of drug-likeness (QED) is 0.741. The zero-order chi connectivity index (χ0) is 18.4. The number of carbonyl (C=O) groups excluding carboxylic acids is 1. The normalized spacial score (nSPS) is 13.7. The van der Waals surface area contributed by atoms with Crippen molar-refractivity contribution >= 4 is 17.3 Å². The molecule has 138 valence electrons. The van der Waals surface area contributed by atoms with E-state index in [9.17, 15) is 9.18 Å². The van der Waals surface area contributed by atoms with E-state index in [0.29, 0.717) is 25.1 Å². The Balaban J connectivity index is 1.47. The lowest BCUT2D eigenvalue weighted by Crippen LogP contribution is -2.18. The molecule has 0 aliphatic carbocycles. The number of halogens is 1. The predicted octanol–water partition coefficient (Wildman–Crippen LogP) is 4.53. The van der Waals surface area contributed by atoms with Gasteiger partial charge in [0, 0.05) is 30.9 Å². The van der Waals surface area contributed by atoms with Crippen molar-refractivity contribution in [3.05, 3.63) is 53.8 Å². The van der Waals surface area contributed by atoms with Crippen molar-refractivity contribution in [3.8, 4) is 5.75 Å². The molecule has 1 aliphatic heterocycles. The van der Waals surface area contributed by atoms with E-state index in [0.717, 1.165) is 42.9 Å². The highest BCUT2D eigenvalue weighted by molar-refractivity contribution is 5.91. The van der Waals surface area contributed by atoms with Crippen LogP contribution in [0.2, 0.25) is 0 Å². The van der Waals surface area contributed by atoms with Crippen molar-refractivity contribution in [2.24, 2.45) is 0 Å². The molecule has 1 aliphatic rings. The first-order valence-electron chi connectivity index (χ1n) is 9.15. The van der Waals surface area contributed by atoms with Gasteiger partial charge in [0.15, 0.2) is 0 Å². The average molecular weight is 356 g/mol. The number of nitrogens with one attached hydrogen (secondary N) is 1. The smallest absolute Gasteiger partial charge is 0.224 e. The Morgan fingerprint density at radius 3 is 2.77 bits per heavy atom. The number of nitrogens with zero attached hydrogens (tertiary/aromatic N) is 1. The maximum Gasteiger partial charge on any atom is 0.224 e. The Kier molecular flexibility index (Phi) is 6.10. The third kappa shape index (κ3) is 5.22. The molecule has 5 heteroatoms. The number of rotatable bonds is 7. The third-order valence-corrected chi connectivity index (χ3v) is 4.44. The number of ether oxygens (including phenoxy) is 1. The van der Waals surface area contributed by atoms with Gasteiger partial charge in [-0.15, -0.1) is 0 Å². The summed E-state index contributed by atoms with van der Waals surface area (Å²) in [5.74, 6) is 0.356. The van der Waals surface area contributed by atoms with Crippen molar-refractivity contribution in [2.75, 3.05) is 29.9 Å². The van der Waals surface area contributed by atoms with Crippen LogP contribution in [0.15, 0.2) is 42.5 Å². The minimum Gasteiger partial charge on any atom is -0.494 e. The average Bonchev–Trinajstić information content (AvgIpc) is 3.13. The fraction of sp³-hybridized carbons (Fsp3) is 0.381. The largest absolute Gasteiger partial charge is 0.494 e. The van der Waals surface area contributed by atoms with E-state index < -0.39 is 0 Å². The number of hydrogen-bond acceptors (Lipinski definition) is 3. The van der Waals surface area contributed by atoms with Crippen LogP contribution in [0.4, 0.5) is 15.8 Å². The van der Waals surface area contributed by atoms with Crippen LogP contribution in [0.1, 0.15) is 31.2 Å². The number of benzene rings is 2. The Labute approximate surface area is 154 Å². The first kappa shape index (κ1) is 18.2. The molecule has 2 aromatic carbocycles. The molecule has 0 atom stereocenters. The van der Waals surface area contributed by atoms with Crippen molar-refractivity contribution in [3.63, 3.8) is 0 Å². The molecule has 1 N–H and O–H groups in total. The minimum atomic E-state index is -0.326. The summed E-state index contributed by atoms with van der Waals surface area (Å²) >= 11 is 0. The van der Waals surface area contributed by atoms with E-state index in [1.807, 2.05) is 37.3 Å². The summed E-state index contributed by atoms with van der Waals surface area (Å²) in [5, 5.41) is 2.79. The molecular formula is C21H25FN2O2. The molecule has 4 nitrogen and oxygen atoms in total. The number of hydrogen-bond donors (Lipinski definition) is 1. The summed E-state index contributed by atoms with van der Waals surface area (Å²) in [4.78, 5) is 14.3. The van der Waals surface area contributed by atoms with Gasteiger partial charge >= 0.3 is 0 Å². The lowest BCUT2D eigenvalue weighted by Gasteiger charge is -2.18. The number of aryl methyl sites for hydroxylation is 1. The molecule has 1 heterocycles. The maximum atomic E-state index is 13.9. The Morgan fingerprint density at radius 1 is 1.19 bits per heavy atom. The fourth-order valence-corrected chi connectivity index (χ4v) is 3.16. The summed E-state index contributed by atoms with van der Waals surface area (Å²) in [7, 11) is 0. The number of carbonyl (C=O) groups is 1. The van der Waals surface area contributed by atoms with E-state index in [-0.39, 0.29) is 11.7 Å². The lowest BCUT2D eigenvalue weighted by atomic mass is 10.2. The van der Waals surface area contributed by atoms with Gasteiger partial charge in [0.1, 0.15) is 11.6 Å². The standard InChI is InChI=1S/C21H25FN2O2/c1-16-6-4-7-20(12-16)26-11-5-8-21(25)23-18-13-17(22)14-19(15-18)24-9-2-3-10-24/h4,6-7,12-15H,2-3,5,8-11H2,1H3,(H,23,25). The van der Waals surface area contributed by atoms with Crippen LogP contribution in [0.5, 0.6) is 5.75 Å². The topological polar surface area (TPSA) is 41.6 Å². The molecule has 3 rings (SSSR count). The molecule has 0 saturated carbocycles. The molecule has 2 aromatic rings. The van der Waals surface area contributed by atoms with E-state index in [2.05, 4.69) is 10.2 Å².